The van der Waals surface area contributed by atoms with Gasteiger partial charge in [-0.2, -0.15) is 0 Å². The van der Waals surface area contributed by atoms with Crippen molar-refractivity contribution >= 4 is 11.9 Å². The van der Waals surface area contributed by atoms with Crippen LogP contribution in [0, 0.1) is 27.7 Å². The minimum atomic E-state index is -1.02. The standard InChI is InChI=1S/C28H38O6/c1-6-7-8-9-10-11-12-19-26(31-33-27(29)24-17-13-15-20(2)22(24)4)32-34-28(30)25-18-14-16-21(3)23(25)5/h13-18,26H,6-12,19H2,1-5H3. The quantitative estimate of drug-likeness (QED) is 0.125. The van der Waals surface area contributed by atoms with Gasteiger partial charge in [0.2, 0.25) is 6.29 Å². The molecule has 0 heterocycles. The molecule has 0 radical (unpaired) electrons. The highest BCUT2D eigenvalue weighted by Crippen LogP contribution is 2.18. The van der Waals surface area contributed by atoms with Crippen LogP contribution in [-0.4, -0.2) is 18.2 Å². The van der Waals surface area contributed by atoms with Gasteiger partial charge in [0.1, 0.15) is 0 Å². The molecule has 2 aromatic carbocycles. The SMILES string of the molecule is CCCCCCCCCC(OOC(=O)c1cccc(C)c1C)OOC(=O)c1cccc(C)c1C. The third kappa shape index (κ3) is 8.58. The number of rotatable bonds is 14. The van der Waals surface area contributed by atoms with Gasteiger partial charge in [-0.3, -0.25) is 9.78 Å². The molecule has 2 rings (SSSR count). The highest BCUT2D eigenvalue weighted by atomic mass is 17.3. The monoisotopic (exact) mass is 470 g/mol. The van der Waals surface area contributed by atoms with Gasteiger partial charge in [-0.05, 0) is 68.5 Å². The predicted octanol–water partition coefficient (Wildman–Crippen LogP) is 7.26. The van der Waals surface area contributed by atoms with Crippen LogP contribution in [0.15, 0.2) is 36.4 Å². The summed E-state index contributed by atoms with van der Waals surface area (Å²) >= 11 is 0. The maximum Gasteiger partial charge on any atom is 0.373 e. The van der Waals surface area contributed by atoms with Gasteiger partial charge in [0, 0.05) is 6.42 Å². The van der Waals surface area contributed by atoms with Crippen LogP contribution in [0.2, 0.25) is 0 Å². The molecular weight excluding hydrogens is 432 g/mol. The zero-order valence-corrected chi connectivity index (χ0v) is 21.1. The van der Waals surface area contributed by atoms with E-state index in [1.54, 1.807) is 24.3 Å². The Kier molecular flexibility index (Phi) is 11.8. The predicted molar refractivity (Wildman–Crippen MR) is 131 cm³/mol. The molecule has 0 aliphatic heterocycles. The van der Waals surface area contributed by atoms with Crippen molar-refractivity contribution in [3.63, 3.8) is 0 Å². The normalized spacial score (nSPS) is 11.0. The van der Waals surface area contributed by atoms with E-state index in [1.165, 1.54) is 25.7 Å². The van der Waals surface area contributed by atoms with E-state index >= 15 is 0 Å². The summed E-state index contributed by atoms with van der Waals surface area (Å²) in [5, 5.41) is 0. The van der Waals surface area contributed by atoms with Crippen LogP contribution in [0.4, 0.5) is 0 Å². The summed E-state index contributed by atoms with van der Waals surface area (Å²) in [7, 11) is 0. The fourth-order valence-corrected chi connectivity index (χ4v) is 3.61. The Bertz CT molecular complexity index is 869. The molecule has 6 heteroatoms. The first-order valence-corrected chi connectivity index (χ1v) is 12.2. The molecule has 0 atom stereocenters. The van der Waals surface area contributed by atoms with Gasteiger partial charge in [-0.1, -0.05) is 69.7 Å². The van der Waals surface area contributed by atoms with Gasteiger partial charge in [0.15, 0.2) is 0 Å². The summed E-state index contributed by atoms with van der Waals surface area (Å²) in [6.07, 6.45) is 7.17. The Morgan fingerprint density at radius 3 is 1.59 bits per heavy atom. The Balaban J connectivity index is 1.94. The first-order chi connectivity index (χ1) is 16.3. The van der Waals surface area contributed by atoms with Gasteiger partial charge in [-0.25, -0.2) is 9.59 Å². The molecule has 0 aromatic heterocycles. The van der Waals surface area contributed by atoms with E-state index in [2.05, 4.69) is 6.92 Å². The number of unbranched alkanes of at least 4 members (excludes halogenated alkanes) is 6. The smallest absolute Gasteiger partial charge is 0.290 e. The Morgan fingerprint density at radius 1 is 0.676 bits per heavy atom. The highest BCUT2D eigenvalue weighted by Gasteiger charge is 2.21. The summed E-state index contributed by atoms with van der Waals surface area (Å²) < 4.78 is 0. The molecule has 0 bridgehead atoms. The molecule has 0 saturated carbocycles. The van der Waals surface area contributed by atoms with Crippen LogP contribution < -0.4 is 0 Å². The van der Waals surface area contributed by atoms with E-state index in [9.17, 15) is 9.59 Å². The molecule has 6 nitrogen and oxygen atoms in total. The second-order valence-electron chi connectivity index (χ2n) is 8.77. The van der Waals surface area contributed by atoms with Crippen molar-refractivity contribution in [2.45, 2.75) is 92.3 Å². The Hall–Kier alpha value is -2.70. The molecule has 0 saturated heterocycles. The van der Waals surface area contributed by atoms with Crippen LogP contribution in [-0.2, 0) is 19.6 Å². The van der Waals surface area contributed by atoms with E-state index in [0.29, 0.717) is 17.5 Å². The van der Waals surface area contributed by atoms with Crippen molar-refractivity contribution in [1.82, 2.24) is 0 Å². The van der Waals surface area contributed by atoms with Crippen molar-refractivity contribution < 1.29 is 29.1 Å². The second-order valence-corrected chi connectivity index (χ2v) is 8.77. The van der Waals surface area contributed by atoms with Crippen molar-refractivity contribution in [1.29, 1.82) is 0 Å². The van der Waals surface area contributed by atoms with Crippen molar-refractivity contribution in [3.05, 3.63) is 69.8 Å². The largest absolute Gasteiger partial charge is 0.373 e. The van der Waals surface area contributed by atoms with Gasteiger partial charge in [-0.15, -0.1) is 9.78 Å². The van der Waals surface area contributed by atoms with Crippen LogP contribution in [0.5, 0.6) is 0 Å². The maximum absolute atomic E-state index is 12.5. The number of carbonyl (C=O) groups excluding carboxylic acids is 2. The van der Waals surface area contributed by atoms with Crippen LogP contribution in [0.3, 0.4) is 0 Å². The molecule has 0 spiro atoms. The summed E-state index contributed by atoms with van der Waals surface area (Å²) in [6.45, 7) is 9.74. The zero-order chi connectivity index (χ0) is 24.9. The van der Waals surface area contributed by atoms with Crippen LogP contribution >= 0.6 is 0 Å². The summed E-state index contributed by atoms with van der Waals surface area (Å²) in [6, 6.07) is 10.8. The van der Waals surface area contributed by atoms with E-state index in [1.807, 2.05) is 39.8 Å². The topological polar surface area (TPSA) is 71.1 Å². The van der Waals surface area contributed by atoms with Crippen molar-refractivity contribution in [2.75, 3.05) is 0 Å². The molecule has 2 aromatic rings. The number of carbonyl (C=O) groups is 2. The zero-order valence-electron chi connectivity index (χ0n) is 21.1. The summed E-state index contributed by atoms with van der Waals surface area (Å²) in [5.74, 6) is -1.23. The van der Waals surface area contributed by atoms with E-state index in [0.717, 1.165) is 41.5 Å². The van der Waals surface area contributed by atoms with Gasteiger partial charge in [0.25, 0.3) is 0 Å². The third-order valence-electron chi connectivity index (χ3n) is 6.15. The molecule has 0 amide bonds. The molecule has 0 unspecified atom stereocenters. The molecule has 0 aliphatic rings. The molecule has 34 heavy (non-hydrogen) atoms. The van der Waals surface area contributed by atoms with Gasteiger partial charge in [0.05, 0.1) is 11.1 Å². The van der Waals surface area contributed by atoms with Crippen molar-refractivity contribution in [2.24, 2.45) is 0 Å². The summed E-state index contributed by atoms with van der Waals surface area (Å²) in [4.78, 5) is 45.8. The van der Waals surface area contributed by atoms with Crippen molar-refractivity contribution in [3.8, 4) is 0 Å². The van der Waals surface area contributed by atoms with Gasteiger partial charge >= 0.3 is 11.9 Å². The number of hydrogen-bond donors (Lipinski definition) is 0. The molecular formula is C28H38O6. The number of benzene rings is 2. The van der Waals surface area contributed by atoms with E-state index < -0.39 is 18.2 Å². The summed E-state index contributed by atoms with van der Waals surface area (Å²) in [5.41, 5.74) is 4.44. The average Bonchev–Trinajstić information content (AvgIpc) is 2.82. The Morgan fingerprint density at radius 2 is 1.12 bits per heavy atom. The van der Waals surface area contributed by atoms with Gasteiger partial charge < -0.3 is 0 Å². The average molecular weight is 471 g/mol. The molecule has 0 fully saturated rings. The van der Waals surface area contributed by atoms with Crippen LogP contribution in [0.25, 0.3) is 0 Å². The highest BCUT2D eigenvalue weighted by molar-refractivity contribution is 5.91. The van der Waals surface area contributed by atoms with E-state index in [4.69, 9.17) is 19.6 Å². The Labute approximate surface area is 203 Å². The van der Waals surface area contributed by atoms with Crippen LogP contribution in [0.1, 0.15) is 101 Å². The minimum absolute atomic E-state index is 0.419. The lowest BCUT2D eigenvalue weighted by Gasteiger charge is -2.16. The lowest BCUT2D eigenvalue weighted by Crippen LogP contribution is -2.23. The molecule has 186 valence electrons. The third-order valence-corrected chi connectivity index (χ3v) is 6.15. The molecule has 0 aliphatic carbocycles. The lowest BCUT2D eigenvalue weighted by atomic mass is 10.0. The van der Waals surface area contributed by atoms with E-state index in [-0.39, 0.29) is 0 Å². The minimum Gasteiger partial charge on any atom is -0.290 e. The first kappa shape index (κ1) is 27.5. The maximum atomic E-state index is 12.5. The number of hydrogen-bond acceptors (Lipinski definition) is 6. The second kappa shape index (κ2) is 14.5. The first-order valence-electron chi connectivity index (χ1n) is 12.2. The number of aryl methyl sites for hydroxylation is 2. The fraction of sp³-hybridized carbons (Fsp3) is 0.500. The fourth-order valence-electron chi connectivity index (χ4n) is 3.61. The molecule has 0 N–H and O–H groups in total. The lowest BCUT2D eigenvalue weighted by molar-refractivity contribution is -0.421.